The third kappa shape index (κ3) is 4.26. The summed E-state index contributed by atoms with van der Waals surface area (Å²) in [5, 5.41) is 6.84. The summed E-state index contributed by atoms with van der Waals surface area (Å²) < 4.78 is 10.7. The molecule has 1 amide bonds. The summed E-state index contributed by atoms with van der Waals surface area (Å²) >= 11 is 0. The van der Waals surface area contributed by atoms with Crippen LogP contribution in [0, 0.1) is 13.8 Å². The van der Waals surface area contributed by atoms with Crippen molar-refractivity contribution in [2.24, 2.45) is 0 Å². The number of hydrogen-bond donors (Lipinski definition) is 1. The molecule has 0 saturated heterocycles. The van der Waals surface area contributed by atoms with E-state index in [0.717, 1.165) is 34.0 Å². The van der Waals surface area contributed by atoms with Gasteiger partial charge >= 0.3 is 0 Å². The van der Waals surface area contributed by atoms with E-state index in [2.05, 4.69) is 10.5 Å². The number of amides is 1. The zero-order valence-corrected chi connectivity index (χ0v) is 14.3. The van der Waals surface area contributed by atoms with Crippen LogP contribution < -0.4 is 10.1 Å². The normalized spacial score (nSPS) is 10.5. The molecule has 0 unspecified atom stereocenters. The molecule has 128 valence electrons. The van der Waals surface area contributed by atoms with Crippen LogP contribution in [0.4, 0.5) is 5.69 Å². The highest BCUT2D eigenvalue weighted by Gasteiger charge is 2.11. The molecule has 0 aliphatic heterocycles. The first-order valence-corrected chi connectivity index (χ1v) is 8.14. The Bertz CT molecular complexity index is 820. The number of aromatic nitrogens is 1. The van der Waals surface area contributed by atoms with Crippen molar-refractivity contribution >= 4 is 11.6 Å². The quantitative estimate of drug-likeness (QED) is 0.726. The monoisotopic (exact) mass is 336 g/mol. The van der Waals surface area contributed by atoms with Crippen LogP contribution in [-0.2, 0) is 4.79 Å². The van der Waals surface area contributed by atoms with E-state index in [1.54, 1.807) is 0 Å². The lowest BCUT2D eigenvalue weighted by molar-refractivity contribution is -0.116. The molecule has 0 aliphatic carbocycles. The molecular weight excluding hydrogens is 316 g/mol. The van der Waals surface area contributed by atoms with Gasteiger partial charge in [0.2, 0.25) is 5.91 Å². The van der Waals surface area contributed by atoms with Crippen LogP contribution in [0.2, 0.25) is 0 Å². The number of nitrogens with one attached hydrogen (secondary N) is 1. The van der Waals surface area contributed by atoms with Gasteiger partial charge in [-0.05, 0) is 43.7 Å². The van der Waals surface area contributed by atoms with Crippen LogP contribution >= 0.6 is 0 Å². The summed E-state index contributed by atoms with van der Waals surface area (Å²) in [7, 11) is 0. The van der Waals surface area contributed by atoms with Gasteiger partial charge in [0, 0.05) is 11.3 Å². The average Bonchev–Trinajstić information content (AvgIpc) is 2.95. The van der Waals surface area contributed by atoms with E-state index in [1.165, 1.54) is 0 Å². The van der Waals surface area contributed by atoms with Crippen molar-refractivity contribution < 1.29 is 14.1 Å². The molecule has 25 heavy (non-hydrogen) atoms. The number of benzene rings is 2. The molecule has 2 aromatic carbocycles. The van der Waals surface area contributed by atoms with Crippen LogP contribution in [0.5, 0.6) is 5.75 Å². The summed E-state index contributed by atoms with van der Waals surface area (Å²) in [5.74, 6) is 1.47. The van der Waals surface area contributed by atoms with Crippen LogP contribution in [0.1, 0.15) is 17.9 Å². The Morgan fingerprint density at radius 1 is 1.08 bits per heavy atom. The Labute approximate surface area is 146 Å². The highest BCUT2D eigenvalue weighted by atomic mass is 16.5. The molecule has 3 aromatic rings. The maximum atomic E-state index is 12.0. The molecule has 5 heteroatoms. The Kier molecular flexibility index (Phi) is 5.14. The highest BCUT2D eigenvalue weighted by molar-refractivity contribution is 5.91. The molecule has 0 fully saturated rings. The van der Waals surface area contributed by atoms with Crippen LogP contribution in [0.25, 0.3) is 11.1 Å². The molecule has 1 aromatic heterocycles. The maximum absolute atomic E-state index is 12.0. The number of nitrogens with zero attached hydrogens (tertiary/aromatic N) is 1. The summed E-state index contributed by atoms with van der Waals surface area (Å²) in [6.45, 7) is 4.14. The Balaban J connectivity index is 1.53. The molecule has 0 spiro atoms. The van der Waals surface area contributed by atoms with Crippen molar-refractivity contribution in [2.45, 2.75) is 20.3 Å². The summed E-state index contributed by atoms with van der Waals surface area (Å²) in [4.78, 5) is 12.0. The van der Waals surface area contributed by atoms with E-state index in [9.17, 15) is 4.79 Å². The van der Waals surface area contributed by atoms with Gasteiger partial charge in [-0.15, -0.1) is 0 Å². The largest absolute Gasteiger partial charge is 0.493 e. The number of carbonyl (C=O) groups excluding carboxylic acids is 1. The van der Waals surface area contributed by atoms with Crippen LogP contribution in [0.15, 0.2) is 59.1 Å². The number of ether oxygens (including phenoxy) is 1. The number of para-hydroxylation sites is 1. The van der Waals surface area contributed by atoms with Gasteiger partial charge in [0.05, 0.1) is 18.7 Å². The lowest BCUT2D eigenvalue weighted by Gasteiger charge is -2.08. The van der Waals surface area contributed by atoms with Crippen LogP contribution in [0.3, 0.4) is 0 Å². The minimum atomic E-state index is -0.0824. The van der Waals surface area contributed by atoms with Gasteiger partial charge in [0.25, 0.3) is 0 Å². The van der Waals surface area contributed by atoms with Gasteiger partial charge < -0.3 is 14.6 Å². The first-order chi connectivity index (χ1) is 12.1. The first kappa shape index (κ1) is 16.8. The number of carbonyl (C=O) groups is 1. The smallest absolute Gasteiger partial charge is 0.227 e. The standard InChI is InChI=1S/C20H20N2O3/c1-14-20(15(2)25-22-14)16-8-10-17(11-9-16)21-19(23)12-13-24-18-6-4-3-5-7-18/h3-11H,12-13H2,1-2H3,(H,21,23). The fourth-order valence-corrected chi connectivity index (χ4v) is 2.62. The molecular formula is C20H20N2O3. The van der Waals surface area contributed by atoms with E-state index in [1.807, 2.05) is 68.4 Å². The Morgan fingerprint density at radius 3 is 2.44 bits per heavy atom. The van der Waals surface area contributed by atoms with Gasteiger partial charge in [-0.25, -0.2) is 0 Å². The zero-order chi connectivity index (χ0) is 17.6. The Morgan fingerprint density at radius 2 is 1.80 bits per heavy atom. The summed E-state index contributed by atoms with van der Waals surface area (Å²) in [6.07, 6.45) is 0.292. The summed E-state index contributed by atoms with van der Waals surface area (Å²) in [5.41, 5.74) is 3.61. The van der Waals surface area contributed by atoms with E-state index in [4.69, 9.17) is 9.26 Å². The lowest BCUT2D eigenvalue weighted by atomic mass is 10.0. The van der Waals surface area contributed by atoms with Crippen molar-refractivity contribution in [1.29, 1.82) is 0 Å². The van der Waals surface area contributed by atoms with Crippen LogP contribution in [-0.4, -0.2) is 17.7 Å². The molecule has 0 atom stereocenters. The molecule has 0 radical (unpaired) electrons. The van der Waals surface area contributed by atoms with Gasteiger partial charge in [-0.3, -0.25) is 4.79 Å². The molecule has 0 bridgehead atoms. The third-order valence-electron chi connectivity index (χ3n) is 3.83. The van der Waals surface area contributed by atoms with E-state index >= 15 is 0 Å². The second-order valence-electron chi connectivity index (χ2n) is 5.74. The minimum Gasteiger partial charge on any atom is -0.493 e. The van der Waals surface area contributed by atoms with Gasteiger partial charge in [-0.2, -0.15) is 0 Å². The topological polar surface area (TPSA) is 64.4 Å². The first-order valence-electron chi connectivity index (χ1n) is 8.14. The Hall–Kier alpha value is -3.08. The van der Waals surface area contributed by atoms with Crippen molar-refractivity contribution in [2.75, 3.05) is 11.9 Å². The van der Waals surface area contributed by atoms with Crippen molar-refractivity contribution in [1.82, 2.24) is 5.16 Å². The predicted octanol–water partition coefficient (Wildman–Crippen LogP) is 4.37. The van der Waals surface area contributed by atoms with E-state index in [-0.39, 0.29) is 5.91 Å². The predicted molar refractivity (Wildman–Crippen MR) is 96.6 cm³/mol. The second kappa shape index (κ2) is 7.66. The fourth-order valence-electron chi connectivity index (χ4n) is 2.62. The fraction of sp³-hybridized carbons (Fsp3) is 0.200. The molecule has 0 aliphatic rings. The van der Waals surface area contributed by atoms with E-state index in [0.29, 0.717) is 13.0 Å². The average molecular weight is 336 g/mol. The zero-order valence-electron chi connectivity index (χ0n) is 14.3. The molecule has 1 N–H and O–H groups in total. The van der Waals surface area contributed by atoms with Crippen molar-refractivity contribution in [3.05, 3.63) is 66.1 Å². The van der Waals surface area contributed by atoms with Gasteiger partial charge in [0.1, 0.15) is 11.5 Å². The third-order valence-corrected chi connectivity index (χ3v) is 3.83. The minimum absolute atomic E-state index is 0.0824. The molecule has 1 heterocycles. The highest BCUT2D eigenvalue weighted by Crippen LogP contribution is 2.27. The number of aryl methyl sites for hydroxylation is 2. The molecule has 0 saturated carbocycles. The number of anilines is 1. The van der Waals surface area contributed by atoms with Gasteiger partial charge in [-0.1, -0.05) is 35.5 Å². The SMILES string of the molecule is Cc1noc(C)c1-c1ccc(NC(=O)CCOc2ccccc2)cc1. The second-order valence-corrected chi connectivity index (χ2v) is 5.74. The molecule has 5 nitrogen and oxygen atoms in total. The van der Waals surface area contributed by atoms with Crippen molar-refractivity contribution in [3.8, 4) is 16.9 Å². The number of hydrogen-bond acceptors (Lipinski definition) is 4. The maximum Gasteiger partial charge on any atom is 0.227 e. The van der Waals surface area contributed by atoms with Crippen molar-refractivity contribution in [3.63, 3.8) is 0 Å². The van der Waals surface area contributed by atoms with Gasteiger partial charge in [0.15, 0.2) is 0 Å². The lowest BCUT2D eigenvalue weighted by Crippen LogP contribution is -2.15. The molecule has 3 rings (SSSR count). The van der Waals surface area contributed by atoms with E-state index < -0.39 is 0 Å². The number of rotatable bonds is 6. The summed E-state index contributed by atoms with van der Waals surface area (Å²) in [6, 6.07) is 17.1.